The van der Waals surface area contributed by atoms with Gasteiger partial charge in [0.05, 0.1) is 19.8 Å². The molecule has 0 aliphatic carbocycles. The molecule has 19 heavy (non-hydrogen) atoms. The average Bonchev–Trinajstić information content (AvgIpc) is 2.37. The fourth-order valence-electron chi connectivity index (χ4n) is 1.51. The van der Waals surface area contributed by atoms with E-state index >= 15 is 0 Å². The van der Waals surface area contributed by atoms with Gasteiger partial charge in [-0.2, -0.15) is 0 Å². The van der Waals surface area contributed by atoms with E-state index in [2.05, 4.69) is 6.92 Å². The summed E-state index contributed by atoms with van der Waals surface area (Å²) in [6.45, 7) is 8.55. The van der Waals surface area contributed by atoms with Gasteiger partial charge < -0.3 is 19.9 Å². The van der Waals surface area contributed by atoms with Crippen LogP contribution in [-0.2, 0) is 19.0 Å². The normalized spacial score (nSPS) is 14.1. The van der Waals surface area contributed by atoms with Gasteiger partial charge in [-0.05, 0) is 33.1 Å². The monoisotopic (exact) mass is 275 g/mol. The van der Waals surface area contributed by atoms with E-state index in [0.29, 0.717) is 32.8 Å². The van der Waals surface area contributed by atoms with Crippen molar-refractivity contribution in [2.45, 2.75) is 52.0 Å². The number of carbonyl (C=O) groups is 1. The lowest BCUT2D eigenvalue weighted by Crippen LogP contribution is -2.46. The second-order valence-electron chi connectivity index (χ2n) is 4.82. The van der Waals surface area contributed by atoms with Gasteiger partial charge in [-0.15, -0.1) is 0 Å². The summed E-state index contributed by atoms with van der Waals surface area (Å²) >= 11 is 0. The Kier molecular flexibility index (Phi) is 10.8. The zero-order valence-corrected chi connectivity index (χ0v) is 12.6. The number of nitrogens with two attached hydrogens (primary N) is 1. The van der Waals surface area contributed by atoms with E-state index in [4.69, 9.17) is 19.9 Å². The molecular formula is C14H29NO4. The van der Waals surface area contributed by atoms with Gasteiger partial charge >= 0.3 is 5.97 Å². The van der Waals surface area contributed by atoms with Crippen molar-refractivity contribution in [3.05, 3.63) is 0 Å². The summed E-state index contributed by atoms with van der Waals surface area (Å²) in [4.78, 5) is 11.5. The minimum absolute atomic E-state index is 0.349. The summed E-state index contributed by atoms with van der Waals surface area (Å²) in [5, 5.41) is 0. The molecule has 1 atom stereocenters. The third-order valence-corrected chi connectivity index (χ3v) is 2.74. The Bertz CT molecular complexity index is 231. The summed E-state index contributed by atoms with van der Waals surface area (Å²) in [5.74, 6) is -0.349. The summed E-state index contributed by atoms with van der Waals surface area (Å²) in [6.07, 6.45) is 3.53. The number of ether oxygens (including phenoxy) is 3. The van der Waals surface area contributed by atoms with Crippen molar-refractivity contribution in [2.75, 3.05) is 33.0 Å². The molecule has 0 aromatic carbocycles. The number of rotatable bonds is 12. The molecule has 1 unspecified atom stereocenters. The van der Waals surface area contributed by atoms with Crippen LogP contribution in [0.4, 0.5) is 0 Å². The van der Waals surface area contributed by atoms with Gasteiger partial charge in [-0.25, -0.2) is 0 Å². The van der Waals surface area contributed by atoms with Gasteiger partial charge in [-0.3, -0.25) is 4.79 Å². The Hall–Kier alpha value is -0.650. The van der Waals surface area contributed by atoms with E-state index in [0.717, 1.165) is 25.9 Å². The van der Waals surface area contributed by atoms with Crippen LogP contribution >= 0.6 is 0 Å². The maximum Gasteiger partial charge on any atom is 0.325 e. The van der Waals surface area contributed by atoms with Crippen LogP contribution in [-0.4, -0.2) is 44.5 Å². The molecule has 114 valence electrons. The quantitative estimate of drug-likeness (QED) is 0.435. The first kappa shape index (κ1) is 18.4. The number of carbonyl (C=O) groups excluding carboxylic acids is 1. The molecule has 0 aromatic rings. The van der Waals surface area contributed by atoms with Crippen LogP contribution in [0, 0.1) is 0 Å². The molecule has 5 nitrogen and oxygen atoms in total. The van der Waals surface area contributed by atoms with Gasteiger partial charge in [0.25, 0.3) is 0 Å². The molecule has 2 N–H and O–H groups in total. The minimum atomic E-state index is -0.920. The highest BCUT2D eigenvalue weighted by molar-refractivity contribution is 5.79. The Morgan fingerprint density at radius 3 is 2.16 bits per heavy atom. The first-order valence-electron chi connectivity index (χ1n) is 7.16. The average molecular weight is 275 g/mol. The third-order valence-electron chi connectivity index (χ3n) is 2.74. The van der Waals surface area contributed by atoms with E-state index in [9.17, 15) is 4.79 Å². The number of hydrogen-bond acceptors (Lipinski definition) is 5. The van der Waals surface area contributed by atoms with E-state index in [1.54, 1.807) is 13.8 Å². The van der Waals surface area contributed by atoms with Crippen LogP contribution in [0.3, 0.4) is 0 Å². The molecule has 0 fully saturated rings. The molecule has 0 spiro atoms. The lowest BCUT2D eigenvalue weighted by molar-refractivity contribution is -0.149. The third kappa shape index (κ3) is 9.87. The van der Waals surface area contributed by atoms with Crippen molar-refractivity contribution >= 4 is 5.97 Å². The topological polar surface area (TPSA) is 70.8 Å². The molecule has 0 saturated heterocycles. The van der Waals surface area contributed by atoms with Crippen LogP contribution < -0.4 is 5.73 Å². The highest BCUT2D eigenvalue weighted by Crippen LogP contribution is 2.11. The number of unbranched alkanes of at least 4 members (excludes halogenated alkanes) is 1. The molecule has 0 amide bonds. The van der Waals surface area contributed by atoms with Crippen LogP contribution in [0.5, 0.6) is 0 Å². The lowest BCUT2D eigenvalue weighted by atomic mass is 9.98. The second kappa shape index (κ2) is 11.2. The van der Waals surface area contributed by atoms with E-state index < -0.39 is 5.54 Å². The zero-order valence-electron chi connectivity index (χ0n) is 12.6. The predicted molar refractivity (Wildman–Crippen MR) is 75.0 cm³/mol. The van der Waals surface area contributed by atoms with Crippen LogP contribution in [0.25, 0.3) is 0 Å². The molecule has 0 bridgehead atoms. The van der Waals surface area contributed by atoms with Crippen LogP contribution in [0.2, 0.25) is 0 Å². The minimum Gasteiger partial charge on any atom is -0.465 e. The summed E-state index contributed by atoms with van der Waals surface area (Å²) in [6, 6.07) is 0. The second-order valence-corrected chi connectivity index (χ2v) is 4.82. The van der Waals surface area contributed by atoms with Crippen molar-refractivity contribution in [2.24, 2.45) is 5.73 Å². The smallest absolute Gasteiger partial charge is 0.325 e. The van der Waals surface area contributed by atoms with Gasteiger partial charge in [0.15, 0.2) is 0 Å². The van der Waals surface area contributed by atoms with E-state index in [-0.39, 0.29) is 5.97 Å². The molecule has 5 heteroatoms. The highest BCUT2D eigenvalue weighted by Gasteiger charge is 2.29. The van der Waals surface area contributed by atoms with Gasteiger partial charge in [-0.1, -0.05) is 13.3 Å². The summed E-state index contributed by atoms with van der Waals surface area (Å²) in [7, 11) is 0. The number of esters is 1. The van der Waals surface area contributed by atoms with Gasteiger partial charge in [0.1, 0.15) is 5.54 Å². The zero-order chi connectivity index (χ0) is 14.6. The van der Waals surface area contributed by atoms with Crippen molar-refractivity contribution in [1.29, 1.82) is 0 Å². The van der Waals surface area contributed by atoms with Gasteiger partial charge in [0, 0.05) is 13.2 Å². The van der Waals surface area contributed by atoms with Crippen molar-refractivity contribution < 1.29 is 19.0 Å². The molecule has 0 heterocycles. The Morgan fingerprint density at radius 1 is 1.05 bits per heavy atom. The molecule has 0 aliphatic rings. The van der Waals surface area contributed by atoms with Crippen LogP contribution in [0.1, 0.15) is 46.5 Å². The van der Waals surface area contributed by atoms with Crippen molar-refractivity contribution in [3.63, 3.8) is 0 Å². The first-order valence-corrected chi connectivity index (χ1v) is 7.16. The maximum absolute atomic E-state index is 11.5. The SMILES string of the molecule is CCCCOCCOCCCC(C)(N)C(=O)OCC. The van der Waals surface area contributed by atoms with Crippen LogP contribution in [0.15, 0.2) is 0 Å². The standard InChI is InChI=1S/C14H29NO4/c1-4-6-9-17-11-12-18-10-7-8-14(3,15)13(16)19-5-2/h4-12,15H2,1-3H3. The molecular weight excluding hydrogens is 246 g/mol. The van der Waals surface area contributed by atoms with E-state index in [1.165, 1.54) is 0 Å². The molecule has 0 aliphatic heterocycles. The predicted octanol–water partition coefficient (Wildman–Crippen LogP) is 1.88. The lowest BCUT2D eigenvalue weighted by Gasteiger charge is -2.21. The van der Waals surface area contributed by atoms with E-state index in [1.807, 2.05) is 0 Å². The molecule has 0 radical (unpaired) electrons. The molecule has 0 rings (SSSR count). The fraction of sp³-hybridized carbons (Fsp3) is 0.929. The van der Waals surface area contributed by atoms with Crippen molar-refractivity contribution in [1.82, 2.24) is 0 Å². The summed E-state index contributed by atoms with van der Waals surface area (Å²) in [5.41, 5.74) is 4.97. The summed E-state index contributed by atoms with van der Waals surface area (Å²) < 4.78 is 15.7. The highest BCUT2D eigenvalue weighted by atomic mass is 16.5. The Labute approximate surface area is 116 Å². The first-order chi connectivity index (χ1) is 9.04. The Morgan fingerprint density at radius 2 is 1.63 bits per heavy atom. The fourth-order valence-corrected chi connectivity index (χ4v) is 1.51. The largest absolute Gasteiger partial charge is 0.465 e. The molecule has 0 saturated carbocycles. The number of hydrogen-bond donors (Lipinski definition) is 1. The van der Waals surface area contributed by atoms with Gasteiger partial charge in [0.2, 0.25) is 0 Å². The molecule has 0 aromatic heterocycles. The Balaban J connectivity index is 3.45. The van der Waals surface area contributed by atoms with Crippen molar-refractivity contribution in [3.8, 4) is 0 Å². The maximum atomic E-state index is 11.5.